The third-order valence-electron chi connectivity index (χ3n) is 1.96. The number of halogens is 1. The molecule has 2 N–H and O–H groups in total. The second kappa shape index (κ2) is 3.24. The summed E-state index contributed by atoms with van der Waals surface area (Å²) in [5.41, 5.74) is 0. The average Bonchev–Trinajstić information content (AvgIpc) is 2.19. The van der Waals surface area contributed by atoms with E-state index < -0.39 is 0 Å². The monoisotopic (exact) mass is 193 g/mol. The lowest BCUT2D eigenvalue weighted by molar-refractivity contribution is 0.339. The van der Waals surface area contributed by atoms with Crippen molar-refractivity contribution in [1.82, 2.24) is 0 Å². The van der Waals surface area contributed by atoms with Crippen molar-refractivity contribution in [3.8, 4) is 5.75 Å². The molecule has 0 unspecified atom stereocenters. The molecule has 0 saturated heterocycles. The minimum Gasteiger partial charge on any atom is -0.411 e. The summed E-state index contributed by atoms with van der Waals surface area (Å²) < 4.78 is 0. The van der Waals surface area contributed by atoms with Crippen LogP contribution in [0.2, 0.25) is 5.02 Å². The summed E-state index contributed by atoms with van der Waals surface area (Å²) in [5, 5.41) is 2.58. The maximum atomic E-state index is 5.99. The third-order valence-corrected chi connectivity index (χ3v) is 2.29. The van der Waals surface area contributed by atoms with Gasteiger partial charge in [-0.3, -0.25) is 0 Å². The number of rotatable bonds is 1. The molecular formula is C10H8ClNO. The van der Waals surface area contributed by atoms with Gasteiger partial charge in [0.05, 0.1) is 0 Å². The van der Waals surface area contributed by atoms with Gasteiger partial charge in [0.15, 0.2) is 5.75 Å². The second-order valence-corrected chi connectivity index (χ2v) is 3.12. The van der Waals surface area contributed by atoms with Gasteiger partial charge < -0.3 is 4.84 Å². The Morgan fingerprint density at radius 2 is 1.69 bits per heavy atom. The number of hydrogen-bond donors (Lipinski definition) is 1. The van der Waals surface area contributed by atoms with E-state index in [2.05, 4.69) is 0 Å². The van der Waals surface area contributed by atoms with Crippen LogP contribution in [0, 0.1) is 0 Å². The minimum absolute atomic E-state index is 0.639. The van der Waals surface area contributed by atoms with Crippen molar-refractivity contribution >= 4 is 22.4 Å². The summed E-state index contributed by atoms with van der Waals surface area (Å²) in [6.07, 6.45) is 0. The van der Waals surface area contributed by atoms with Crippen molar-refractivity contribution in [3.05, 3.63) is 41.4 Å². The van der Waals surface area contributed by atoms with Crippen LogP contribution < -0.4 is 10.7 Å². The van der Waals surface area contributed by atoms with Gasteiger partial charge in [-0.1, -0.05) is 35.9 Å². The van der Waals surface area contributed by atoms with Crippen molar-refractivity contribution in [2.75, 3.05) is 0 Å². The smallest absolute Gasteiger partial charge is 0.154 e. The van der Waals surface area contributed by atoms with E-state index in [0.29, 0.717) is 10.8 Å². The molecule has 0 fully saturated rings. The van der Waals surface area contributed by atoms with Gasteiger partial charge in [-0.05, 0) is 12.1 Å². The van der Waals surface area contributed by atoms with Crippen molar-refractivity contribution < 1.29 is 4.84 Å². The highest BCUT2D eigenvalue weighted by Gasteiger charge is 2.03. The SMILES string of the molecule is NOc1ccc(Cl)c2ccccc12. The number of benzene rings is 2. The normalized spacial score (nSPS) is 10.3. The highest BCUT2D eigenvalue weighted by molar-refractivity contribution is 6.35. The van der Waals surface area contributed by atoms with Crippen LogP contribution in [-0.2, 0) is 0 Å². The Labute approximate surface area is 80.8 Å². The zero-order chi connectivity index (χ0) is 9.26. The lowest BCUT2D eigenvalue weighted by Gasteiger charge is -2.04. The fourth-order valence-corrected chi connectivity index (χ4v) is 1.57. The van der Waals surface area contributed by atoms with E-state index in [0.717, 1.165) is 10.8 Å². The Hall–Kier alpha value is -1.25. The van der Waals surface area contributed by atoms with Gasteiger partial charge >= 0.3 is 0 Å². The molecule has 0 spiro atoms. The molecule has 0 aliphatic rings. The molecule has 0 aromatic heterocycles. The summed E-state index contributed by atoms with van der Waals surface area (Å²) in [6, 6.07) is 11.2. The standard InChI is InChI=1S/C10H8ClNO/c11-9-5-6-10(13-12)8-4-2-1-3-7(8)9/h1-6H,12H2. The molecule has 0 aliphatic carbocycles. The number of hydrogen-bond acceptors (Lipinski definition) is 2. The van der Waals surface area contributed by atoms with Crippen molar-refractivity contribution in [2.45, 2.75) is 0 Å². The van der Waals surface area contributed by atoms with Crippen LogP contribution in [0.3, 0.4) is 0 Å². The molecule has 0 aliphatic heterocycles. The first-order valence-corrected chi connectivity index (χ1v) is 4.24. The van der Waals surface area contributed by atoms with E-state index in [4.69, 9.17) is 22.3 Å². The number of fused-ring (bicyclic) bond motifs is 1. The molecule has 2 rings (SSSR count). The van der Waals surface area contributed by atoms with E-state index in [-0.39, 0.29) is 0 Å². The third kappa shape index (κ3) is 1.34. The fraction of sp³-hybridized carbons (Fsp3) is 0. The Kier molecular flexibility index (Phi) is 2.08. The Morgan fingerprint density at radius 3 is 2.38 bits per heavy atom. The molecule has 0 atom stereocenters. The van der Waals surface area contributed by atoms with Crippen LogP contribution >= 0.6 is 11.6 Å². The van der Waals surface area contributed by atoms with Gasteiger partial charge in [-0.25, -0.2) is 0 Å². The molecule has 0 amide bonds. The maximum Gasteiger partial charge on any atom is 0.154 e. The zero-order valence-electron chi connectivity index (χ0n) is 6.83. The summed E-state index contributed by atoms with van der Waals surface area (Å²) in [7, 11) is 0. The van der Waals surface area contributed by atoms with Crippen LogP contribution in [0.1, 0.15) is 0 Å². The molecule has 0 saturated carbocycles. The first-order valence-electron chi connectivity index (χ1n) is 3.87. The fourth-order valence-electron chi connectivity index (χ4n) is 1.34. The van der Waals surface area contributed by atoms with Crippen LogP contribution in [0.15, 0.2) is 36.4 Å². The first kappa shape index (κ1) is 8.35. The van der Waals surface area contributed by atoms with Crippen molar-refractivity contribution in [2.24, 2.45) is 5.90 Å². The average molecular weight is 194 g/mol. The van der Waals surface area contributed by atoms with Gasteiger partial charge in [0.2, 0.25) is 0 Å². The summed E-state index contributed by atoms with van der Waals surface area (Å²) in [4.78, 5) is 4.72. The Morgan fingerprint density at radius 1 is 1.00 bits per heavy atom. The molecule has 3 heteroatoms. The van der Waals surface area contributed by atoms with Gasteiger partial charge in [-0.15, -0.1) is 0 Å². The highest BCUT2D eigenvalue weighted by atomic mass is 35.5. The Bertz CT molecular complexity index is 442. The van der Waals surface area contributed by atoms with E-state index in [1.165, 1.54) is 0 Å². The van der Waals surface area contributed by atoms with Crippen LogP contribution in [0.25, 0.3) is 10.8 Å². The predicted octanol–water partition coefficient (Wildman–Crippen LogP) is 2.75. The minimum atomic E-state index is 0.639. The quantitative estimate of drug-likeness (QED) is 0.707. The molecule has 0 bridgehead atoms. The Balaban J connectivity index is 2.84. The van der Waals surface area contributed by atoms with E-state index in [1.807, 2.05) is 24.3 Å². The largest absolute Gasteiger partial charge is 0.411 e. The maximum absolute atomic E-state index is 5.99. The molecule has 13 heavy (non-hydrogen) atoms. The lowest BCUT2D eigenvalue weighted by Crippen LogP contribution is -2.01. The van der Waals surface area contributed by atoms with Gasteiger partial charge in [0.1, 0.15) is 0 Å². The first-order chi connectivity index (χ1) is 6.33. The van der Waals surface area contributed by atoms with Gasteiger partial charge in [0.25, 0.3) is 0 Å². The summed E-state index contributed by atoms with van der Waals surface area (Å²) in [6.45, 7) is 0. The summed E-state index contributed by atoms with van der Waals surface area (Å²) >= 11 is 5.99. The highest BCUT2D eigenvalue weighted by Crippen LogP contribution is 2.30. The summed E-state index contributed by atoms with van der Waals surface area (Å²) in [5.74, 6) is 5.76. The lowest BCUT2D eigenvalue weighted by atomic mass is 10.1. The van der Waals surface area contributed by atoms with Crippen molar-refractivity contribution in [3.63, 3.8) is 0 Å². The van der Waals surface area contributed by atoms with Gasteiger partial charge in [0, 0.05) is 15.8 Å². The number of nitrogens with two attached hydrogens (primary N) is 1. The van der Waals surface area contributed by atoms with Crippen LogP contribution in [0.4, 0.5) is 0 Å². The van der Waals surface area contributed by atoms with Crippen LogP contribution in [-0.4, -0.2) is 0 Å². The molecule has 0 radical (unpaired) electrons. The molecule has 2 nitrogen and oxygen atoms in total. The molecule has 0 heterocycles. The van der Waals surface area contributed by atoms with E-state index in [9.17, 15) is 0 Å². The molecule has 2 aromatic rings. The second-order valence-electron chi connectivity index (χ2n) is 2.71. The molecular weight excluding hydrogens is 186 g/mol. The van der Waals surface area contributed by atoms with E-state index in [1.54, 1.807) is 12.1 Å². The zero-order valence-corrected chi connectivity index (χ0v) is 7.58. The predicted molar refractivity (Wildman–Crippen MR) is 53.8 cm³/mol. The molecule has 66 valence electrons. The van der Waals surface area contributed by atoms with E-state index >= 15 is 0 Å². The van der Waals surface area contributed by atoms with Gasteiger partial charge in [-0.2, -0.15) is 5.90 Å². The van der Waals surface area contributed by atoms with Crippen LogP contribution in [0.5, 0.6) is 5.75 Å². The molecule has 2 aromatic carbocycles. The van der Waals surface area contributed by atoms with Crippen molar-refractivity contribution in [1.29, 1.82) is 0 Å². The topological polar surface area (TPSA) is 35.2 Å².